The minimum Gasteiger partial charge on any atom is -0.378 e. The lowest BCUT2D eigenvalue weighted by Crippen LogP contribution is -2.37. The van der Waals surface area contributed by atoms with Gasteiger partial charge in [0.2, 0.25) is 5.82 Å². The Balaban J connectivity index is 1.27. The van der Waals surface area contributed by atoms with Gasteiger partial charge in [0, 0.05) is 36.9 Å². The van der Waals surface area contributed by atoms with Crippen LogP contribution in [0.5, 0.6) is 0 Å². The molecule has 1 amide bonds. The van der Waals surface area contributed by atoms with E-state index >= 15 is 0 Å². The summed E-state index contributed by atoms with van der Waals surface area (Å²) in [5, 5.41) is 6.91. The molecule has 1 atom stereocenters. The van der Waals surface area contributed by atoms with E-state index in [-0.39, 0.29) is 11.8 Å². The zero-order valence-corrected chi connectivity index (χ0v) is 18.4. The molecule has 2 aromatic rings. The van der Waals surface area contributed by atoms with Crippen LogP contribution in [0, 0.1) is 0 Å². The molecule has 2 fully saturated rings. The number of hydrogen-bond donors (Lipinski definition) is 1. The quantitative estimate of drug-likeness (QED) is 0.727. The number of likely N-dealkylation sites (tertiary alicyclic amines) is 1. The van der Waals surface area contributed by atoms with Gasteiger partial charge in [-0.2, -0.15) is 4.98 Å². The predicted octanol–water partition coefficient (Wildman–Crippen LogP) is 2.96. The van der Waals surface area contributed by atoms with Gasteiger partial charge in [-0.05, 0) is 63.5 Å². The van der Waals surface area contributed by atoms with Crippen LogP contribution in [-0.4, -0.2) is 72.9 Å². The fourth-order valence-electron chi connectivity index (χ4n) is 4.26. The number of anilines is 1. The second-order valence-electron chi connectivity index (χ2n) is 8.41. The molecule has 8 heteroatoms. The van der Waals surface area contributed by atoms with Crippen LogP contribution in [0.15, 0.2) is 28.8 Å². The lowest BCUT2D eigenvalue weighted by Gasteiger charge is -2.28. The molecule has 8 nitrogen and oxygen atoms in total. The van der Waals surface area contributed by atoms with Crippen LogP contribution in [0.25, 0.3) is 11.4 Å². The molecule has 168 valence electrons. The van der Waals surface area contributed by atoms with Crippen LogP contribution in [0.3, 0.4) is 0 Å². The van der Waals surface area contributed by atoms with Gasteiger partial charge in [-0.15, -0.1) is 0 Å². The summed E-state index contributed by atoms with van der Waals surface area (Å²) in [7, 11) is 0. The minimum absolute atomic E-state index is 0.00896. The number of rotatable bonds is 7. The van der Waals surface area contributed by atoms with Crippen molar-refractivity contribution in [3.63, 3.8) is 0 Å². The summed E-state index contributed by atoms with van der Waals surface area (Å²) >= 11 is 0. The number of ether oxygens (including phenoxy) is 1. The molecule has 1 aromatic heterocycles. The molecule has 3 heterocycles. The zero-order chi connectivity index (χ0) is 21.5. The lowest BCUT2D eigenvalue weighted by atomic mass is 10.2. The van der Waals surface area contributed by atoms with Crippen LogP contribution < -0.4 is 10.2 Å². The molecular weight excluding hydrogens is 394 g/mol. The maximum atomic E-state index is 12.4. The van der Waals surface area contributed by atoms with Gasteiger partial charge >= 0.3 is 11.8 Å². The van der Waals surface area contributed by atoms with Crippen LogP contribution in [0.1, 0.15) is 49.7 Å². The molecule has 2 aliphatic rings. The van der Waals surface area contributed by atoms with Crippen LogP contribution in [-0.2, 0) is 4.74 Å². The average Bonchev–Trinajstić information content (AvgIpc) is 3.15. The van der Waals surface area contributed by atoms with E-state index in [9.17, 15) is 4.79 Å². The third kappa shape index (κ3) is 5.83. The largest absolute Gasteiger partial charge is 0.378 e. The number of nitrogens with one attached hydrogen (secondary N) is 1. The second-order valence-corrected chi connectivity index (χ2v) is 8.41. The van der Waals surface area contributed by atoms with Gasteiger partial charge in [-0.3, -0.25) is 4.79 Å². The summed E-state index contributed by atoms with van der Waals surface area (Å²) in [6.07, 6.45) is 6.12. The highest BCUT2D eigenvalue weighted by Crippen LogP contribution is 2.22. The van der Waals surface area contributed by atoms with Crippen molar-refractivity contribution in [3.05, 3.63) is 30.2 Å². The van der Waals surface area contributed by atoms with Gasteiger partial charge in [0.05, 0.1) is 13.2 Å². The minimum atomic E-state index is -0.313. The van der Waals surface area contributed by atoms with Crippen molar-refractivity contribution in [2.24, 2.45) is 0 Å². The smallest absolute Gasteiger partial charge is 0.316 e. The zero-order valence-electron chi connectivity index (χ0n) is 18.4. The Morgan fingerprint density at radius 3 is 2.48 bits per heavy atom. The standard InChI is InChI=1S/C23H33N5O3/c1-18(27-12-4-2-3-5-13-27)10-11-24-22(29)23-25-21(26-31-23)19-6-8-20(9-7-19)28-14-16-30-17-15-28/h6-9,18H,2-5,10-17H2,1H3,(H,24,29)/t18-/m1/s1. The first-order valence-electron chi connectivity index (χ1n) is 11.5. The SMILES string of the molecule is C[C@H](CCNC(=O)c1nc(-c2ccc(N3CCOCC3)cc2)no1)N1CCCCCC1. The Labute approximate surface area is 183 Å². The first-order chi connectivity index (χ1) is 15.2. The van der Waals surface area contributed by atoms with E-state index in [2.05, 4.69) is 32.2 Å². The summed E-state index contributed by atoms with van der Waals surface area (Å²) < 4.78 is 10.6. The molecule has 0 spiro atoms. The Morgan fingerprint density at radius 1 is 1.06 bits per heavy atom. The van der Waals surface area contributed by atoms with E-state index in [1.807, 2.05) is 24.3 Å². The predicted molar refractivity (Wildman–Crippen MR) is 119 cm³/mol. The molecule has 2 aliphatic heterocycles. The van der Waals surface area contributed by atoms with Crippen molar-refractivity contribution < 1.29 is 14.1 Å². The highest BCUT2D eigenvalue weighted by atomic mass is 16.5. The monoisotopic (exact) mass is 427 g/mol. The van der Waals surface area contributed by atoms with Gasteiger partial charge in [-0.25, -0.2) is 0 Å². The highest BCUT2D eigenvalue weighted by molar-refractivity contribution is 5.89. The Kier molecular flexibility index (Phi) is 7.53. The topological polar surface area (TPSA) is 83.7 Å². The average molecular weight is 428 g/mol. The Morgan fingerprint density at radius 2 is 1.77 bits per heavy atom. The lowest BCUT2D eigenvalue weighted by molar-refractivity contribution is 0.0904. The molecule has 31 heavy (non-hydrogen) atoms. The van der Waals surface area contributed by atoms with Crippen LogP contribution >= 0.6 is 0 Å². The van der Waals surface area contributed by atoms with Crippen molar-refractivity contribution in [2.75, 3.05) is 50.8 Å². The van der Waals surface area contributed by atoms with Crippen molar-refractivity contribution in [1.82, 2.24) is 20.4 Å². The van der Waals surface area contributed by atoms with Gasteiger partial charge in [-0.1, -0.05) is 18.0 Å². The van der Waals surface area contributed by atoms with Gasteiger partial charge in [0.1, 0.15) is 0 Å². The molecule has 1 aromatic carbocycles. The fourth-order valence-corrected chi connectivity index (χ4v) is 4.26. The number of morpholine rings is 1. The first kappa shape index (κ1) is 21.8. The molecule has 0 radical (unpaired) electrons. The number of aromatic nitrogens is 2. The van der Waals surface area contributed by atoms with Crippen LogP contribution in [0.2, 0.25) is 0 Å². The number of hydrogen-bond acceptors (Lipinski definition) is 7. The Hall–Kier alpha value is -2.45. The number of benzene rings is 1. The van der Waals surface area contributed by atoms with E-state index < -0.39 is 0 Å². The third-order valence-corrected chi connectivity index (χ3v) is 6.23. The molecule has 0 aliphatic carbocycles. The van der Waals surface area contributed by atoms with Crippen molar-refractivity contribution in [3.8, 4) is 11.4 Å². The van der Waals surface area contributed by atoms with Gasteiger partial charge in [0.25, 0.3) is 0 Å². The van der Waals surface area contributed by atoms with E-state index in [4.69, 9.17) is 9.26 Å². The maximum absolute atomic E-state index is 12.4. The molecule has 0 bridgehead atoms. The number of carbonyl (C=O) groups is 1. The molecule has 1 N–H and O–H groups in total. The van der Waals surface area contributed by atoms with Gasteiger partial charge in [0.15, 0.2) is 0 Å². The third-order valence-electron chi connectivity index (χ3n) is 6.23. The van der Waals surface area contributed by atoms with Gasteiger partial charge < -0.3 is 24.4 Å². The summed E-state index contributed by atoms with van der Waals surface area (Å²) in [4.78, 5) is 21.5. The maximum Gasteiger partial charge on any atom is 0.316 e. The number of nitrogens with zero attached hydrogens (tertiary/aromatic N) is 4. The van der Waals surface area contributed by atoms with E-state index in [0.29, 0.717) is 18.4 Å². The number of amides is 1. The molecule has 0 unspecified atom stereocenters. The number of carbonyl (C=O) groups excluding carboxylic acids is 1. The summed E-state index contributed by atoms with van der Waals surface area (Å²) in [5.74, 6) is 0.123. The summed E-state index contributed by atoms with van der Waals surface area (Å²) in [6.45, 7) is 8.44. The van der Waals surface area contributed by atoms with Crippen molar-refractivity contribution >= 4 is 11.6 Å². The van der Waals surface area contributed by atoms with E-state index in [1.165, 1.54) is 25.7 Å². The van der Waals surface area contributed by atoms with E-state index in [0.717, 1.165) is 57.1 Å². The molecule has 0 saturated carbocycles. The fraction of sp³-hybridized carbons (Fsp3) is 0.609. The molecular formula is C23H33N5O3. The molecule has 4 rings (SSSR count). The first-order valence-corrected chi connectivity index (χ1v) is 11.5. The molecule has 2 saturated heterocycles. The van der Waals surface area contributed by atoms with E-state index in [1.54, 1.807) is 0 Å². The highest BCUT2D eigenvalue weighted by Gasteiger charge is 2.19. The normalized spacial score (nSPS) is 19.1. The summed E-state index contributed by atoms with van der Waals surface area (Å²) in [6, 6.07) is 8.46. The van der Waals surface area contributed by atoms with Crippen LogP contribution in [0.4, 0.5) is 5.69 Å². The van der Waals surface area contributed by atoms with Crippen molar-refractivity contribution in [2.45, 2.75) is 45.1 Å². The second kappa shape index (κ2) is 10.7. The Bertz CT molecular complexity index is 824. The summed E-state index contributed by atoms with van der Waals surface area (Å²) in [5.41, 5.74) is 1.97. The van der Waals surface area contributed by atoms with Crippen molar-refractivity contribution in [1.29, 1.82) is 0 Å².